The van der Waals surface area contributed by atoms with Crippen LogP contribution < -0.4 is 0 Å². The Bertz CT molecular complexity index is 2030. The quantitative estimate of drug-likeness (QED) is 0.0117. The molecule has 0 bridgehead atoms. The van der Waals surface area contributed by atoms with E-state index in [1.807, 2.05) is 0 Å². The van der Waals surface area contributed by atoms with Crippen molar-refractivity contribution >= 4 is 25.7 Å². The minimum absolute atomic E-state index is 0.0327. The fourth-order valence-corrected chi connectivity index (χ4v) is 14.0. The first-order chi connectivity index (χ1) is 47.3. The van der Waals surface area contributed by atoms with Crippen molar-refractivity contribution in [2.75, 3.05) is 26.4 Å². The number of phosphoric ester groups is 1. The number of unbranched alkanes of at least 4 members (excludes halogenated alkanes) is 40. The summed E-state index contributed by atoms with van der Waals surface area (Å²) < 4.78 is 65.1. The number of hydrogen-bond acceptors (Lipinski definition) is 23. The predicted molar refractivity (Wildman–Crippen MR) is 370 cm³/mol. The van der Waals surface area contributed by atoms with Crippen LogP contribution in [0.2, 0.25) is 0 Å². The lowest BCUT2D eigenvalue weighted by Crippen LogP contribution is -2.69. The van der Waals surface area contributed by atoms with Crippen LogP contribution in [0.3, 0.4) is 0 Å². The summed E-state index contributed by atoms with van der Waals surface area (Å²) in [4.78, 5) is 51.0. The van der Waals surface area contributed by atoms with Crippen molar-refractivity contribution in [3.05, 3.63) is 0 Å². The van der Waals surface area contributed by atoms with Gasteiger partial charge in [-0.3, -0.25) is 23.4 Å². The lowest BCUT2D eigenvalue weighted by atomic mass is 9.84. The number of esters is 3. The molecule has 578 valence electrons. The topological polar surface area (TPSA) is 374 Å². The summed E-state index contributed by atoms with van der Waals surface area (Å²) in [6.07, 6.45) is 13.0. The number of ether oxygens (including phenoxy) is 7. The third kappa shape index (κ3) is 38.1. The molecule has 3 fully saturated rings. The monoisotopic (exact) mass is 1430 g/mol. The Labute approximate surface area is 587 Å². The van der Waals surface area contributed by atoms with Gasteiger partial charge in [-0.15, -0.1) is 0 Å². The highest BCUT2D eigenvalue weighted by atomic mass is 31.2. The highest BCUT2D eigenvalue weighted by Crippen LogP contribution is 2.49. The Morgan fingerprint density at radius 2 is 0.653 bits per heavy atom. The van der Waals surface area contributed by atoms with E-state index >= 15 is 0 Å². The normalized spacial score (nSPS) is 27.6. The zero-order valence-electron chi connectivity index (χ0n) is 60.3. The van der Waals surface area contributed by atoms with E-state index in [-0.39, 0.29) is 19.3 Å². The Balaban J connectivity index is 1.72. The second-order valence-corrected chi connectivity index (χ2v) is 29.5. The summed E-state index contributed by atoms with van der Waals surface area (Å²) in [7, 11) is -5.69. The molecule has 1 aliphatic carbocycles. The molecule has 0 radical (unpaired) electrons. The average molecular weight is 1430 g/mol. The second kappa shape index (κ2) is 55.4. The van der Waals surface area contributed by atoms with Gasteiger partial charge in [0.05, 0.1) is 13.2 Å². The fraction of sp³-hybridized carbons (Fsp3) is 0.959. The summed E-state index contributed by atoms with van der Waals surface area (Å²) in [5, 5.41) is 110. The fourth-order valence-electron chi connectivity index (χ4n) is 13.1. The molecule has 0 aromatic carbocycles. The van der Waals surface area contributed by atoms with Gasteiger partial charge in [-0.2, -0.15) is 0 Å². The van der Waals surface area contributed by atoms with Crippen LogP contribution in [0.5, 0.6) is 0 Å². The van der Waals surface area contributed by atoms with Gasteiger partial charge in [0.2, 0.25) is 0 Å². The molecule has 18 unspecified atom stereocenters. The van der Waals surface area contributed by atoms with Gasteiger partial charge in [0.1, 0.15) is 98.7 Å². The average Bonchev–Trinajstić information content (AvgIpc) is 0.762. The molecule has 18 atom stereocenters. The lowest BCUT2D eigenvalue weighted by Gasteiger charge is -2.49. The number of phosphoric acid groups is 1. The van der Waals surface area contributed by atoms with Gasteiger partial charge >= 0.3 is 25.7 Å². The minimum atomic E-state index is -5.69. The molecular formula is C73H137O24P. The summed E-state index contributed by atoms with van der Waals surface area (Å²) in [5.41, 5.74) is 0. The maximum atomic E-state index is 14.3. The van der Waals surface area contributed by atoms with Crippen molar-refractivity contribution < 1.29 is 117 Å². The van der Waals surface area contributed by atoms with Crippen LogP contribution in [0, 0.1) is 0 Å². The first-order valence-corrected chi connectivity index (χ1v) is 40.3. The molecule has 3 aliphatic rings. The van der Waals surface area contributed by atoms with E-state index in [0.717, 1.165) is 89.9 Å². The van der Waals surface area contributed by atoms with Gasteiger partial charge in [-0.05, 0) is 19.3 Å². The van der Waals surface area contributed by atoms with E-state index in [2.05, 4.69) is 20.8 Å². The van der Waals surface area contributed by atoms with Crippen molar-refractivity contribution in [1.82, 2.24) is 0 Å². The number of rotatable bonds is 61. The Kier molecular flexibility index (Phi) is 51.0. The van der Waals surface area contributed by atoms with Crippen molar-refractivity contribution in [3.63, 3.8) is 0 Å². The largest absolute Gasteiger partial charge is 0.472 e. The van der Waals surface area contributed by atoms with Gasteiger partial charge < -0.3 is 89.1 Å². The zero-order chi connectivity index (χ0) is 71.8. The van der Waals surface area contributed by atoms with Gasteiger partial charge in [-0.1, -0.05) is 278 Å². The van der Waals surface area contributed by atoms with E-state index in [1.54, 1.807) is 0 Å². The smallest absolute Gasteiger partial charge is 0.463 e. The van der Waals surface area contributed by atoms with Crippen LogP contribution in [-0.4, -0.2) is 204 Å². The summed E-state index contributed by atoms with van der Waals surface area (Å²) >= 11 is 0. The van der Waals surface area contributed by atoms with Crippen LogP contribution in [0.1, 0.15) is 316 Å². The van der Waals surface area contributed by atoms with Crippen LogP contribution in [0.25, 0.3) is 0 Å². The van der Waals surface area contributed by atoms with Crippen molar-refractivity contribution in [2.24, 2.45) is 0 Å². The van der Waals surface area contributed by atoms with E-state index in [9.17, 15) is 74.9 Å². The van der Waals surface area contributed by atoms with E-state index in [4.69, 9.17) is 42.2 Å². The van der Waals surface area contributed by atoms with Crippen LogP contribution in [0.4, 0.5) is 0 Å². The minimum Gasteiger partial charge on any atom is -0.463 e. The van der Waals surface area contributed by atoms with Crippen LogP contribution in [0.15, 0.2) is 0 Å². The van der Waals surface area contributed by atoms with Gasteiger partial charge in [0.15, 0.2) is 18.7 Å². The molecule has 0 aromatic heterocycles. The van der Waals surface area contributed by atoms with Crippen molar-refractivity contribution in [2.45, 2.75) is 420 Å². The first kappa shape index (κ1) is 90.2. The molecule has 25 heteroatoms. The van der Waals surface area contributed by atoms with Gasteiger partial charge in [0.25, 0.3) is 0 Å². The van der Waals surface area contributed by atoms with E-state index < -0.39 is 156 Å². The molecule has 2 heterocycles. The number of carbonyl (C=O) groups excluding carboxylic acids is 3. The zero-order valence-corrected chi connectivity index (χ0v) is 61.2. The van der Waals surface area contributed by atoms with Gasteiger partial charge in [0, 0.05) is 19.3 Å². The molecule has 98 heavy (non-hydrogen) atoms. The standard InChI is InChI=1S/C73H137O24P/c1-4-7-10-13-16-19-22-25-27-29-31-34-37-40-43-46-49-59(77)92-54(51-89-57(75)47-44-41-38-36-33-30-28-26-23-20-17-14-11-8-5-2)52-91-98(87,88)97-71-69(95-72-67(85)62(80)60(78)55(50-74)93-72)65(83)64(82)66(84)70(71)96-73-68(86)63(81)61(79)56(94-73)53-90-58(76)48-45-42-39-35-32-24-21-18-15-12-9-6-3/h54-56,60-74,78-86H,4-53H2,1-3H3,(H,87,88). The number of hydrogen-bond donors (Lipinski definition) is 11. The number of carbonyl (C=O) groups is 3. The molecule has 0 amide bonds. The predicted octanol–water partition coefficient (Wildman–Crippen LogP) is 11.0. The first-order valence-electron chi connectivity index (χ1n) is 38.8. The van der Waals surface area contributed by atoms with E-state index in [0.29, 0.717) is 19.3 Å². The second-order valence-electron chi connectivity index (χ2n) is 28.1. The van der Waals surface area contributed by atoms with Crippen LogP contribution in [-0.2, 0) is 61.2 Å². The molecule has 2 aliphatic heterocycles. The third-order valence-electron chi connectivity index (χ3n) is 19.4. The summed E-state index contributed by atoms with van der Waals surface area (Å²) in [5.74, 6) is -1.97. The molecule has 3 rings (SSSR count). The molecule has 0 spiro atoms. The number of aliphatic hydroxyl groups is 10. The molecule has 24 nitrogen and oxygen atoms in total. The maximum absolute atomic E-state index is 14.3. The SMILES string of the molecule is CCCCCCCCCCCCCCCCCCC(=O)OC(COC(=O)CCCCCCCCCCCCCCCCC)COP(=O)(O)OC1C(OC2OC(CO)C(O)C(O)C2O)C(O)C(O)C(O)C1OC1OC(COC(=O)CCCCCCCCCCCCCC)C(O)C(O)C1O. The van der Waals surface area contributed by atoms with Crippen molar-refractivity contribution in [1.29, 1.82) is 0 Å². The van der Waals surface area contributed by atoms with Crippen LogP contribution >= 0.6 is 7.82 Å². The van der Waals surface area contributed by atoms with E-state index in [1.165, 1.54) is 167 Å². The highest BCUT2D eigenvalue weighted by Gasteiger charge is 2.58. The number of aliphatic hydroxyl groups excluding tert-OH is 10. The van der Waals surface area contributed by atoms with Crippen molar-refractivity contribution in [3.8, 4) is 0 Å². The third-order valence-corrected chi connectivity index (χ3v) is 20.4. The Hall–Kier alpha value is -2.04. The maximum Gasteiger partial charge on any atom is 0.472 e. The summed E-state index contributed by atoms with van der Waals surface area (Å²) in [6, 6.07) is 0. The Morgan fingerprint density at radius 3 is 1.00 bits per heavy atom. The lowest BCUT2D eigenvalue weighted by molar-refractivity contribution is -0.360. The van der Waals surface area contributed by atoms with Gasteiger partial charge in [-0.25, -0.2) is 4.57 Å². The summed E-state index contributed by atoms with van der Waals surface area (Å²) in [6.45, 7) is 3.48. The molecule has 11 N–H and O–H groups in total. The molecular weight excluding hydrogens is 1290 g/mol. The molecule has 1 saturated carbocycles. The Morgan fingerprint density at radius 1 is 0.357 bits per heavy atom. The molecule has 0 aromatic rings. The highest BCUT2D eigenvalue weighted by molar-refractivity contribution is 7.47. The molecule has 2 saturated heterocycles.